The number of benzene rings is 2. The number of thiazole rings is 1. The fourth-order valence-electron chi connectivity index (χ4n) is 2.39. The van der Waals surface area contributed by atoms with Crippen LogP contribution in [0.15, 0.2) is 60.2 Å². The van der Waals surface area contributed by atoms with Gasteiger partial charge in [-0.2, -0.15) is 4.68 Å². The number of halogens is 1. The number of nitrogens with zero attached hydrogens (tertiary/aromatic N) is 5. The Bertz CT molecular complexity index is 1050. The van der Waals surface area contributed by atoms with Crippen molar-refractivity contribution >= 4 is 34.0 Å². The van der Waals surface area contributed by atoms with Crippen LogP contribution in [0.5, 0.6) is 0 Å². The molecule has 0 fully saturated rings. The van der Waals surface area contributed by atoms with Gasteiger partial charge in [0.1, 0.15) is 6.33 Å². The first-order valence-corrected chi connectivity index (χ1v) is 8.82. The molecule has 26 heavy (non-hydrogen) atoms. The van der Waals surface area contributed by atoms with Crippen LogP contribution in [-0.4, -0.2) is 31.1 Å². The molecule has 1 amide bonds. The molecule has 0 aliphatic carbocycles. The zero-order valence-corrected chi connectivity index (χ0v) is 14.8. The van der Waals surface area contributed by atoms with Crippen molar-refractivity contribution in [1.29, 1.82) is 0 Å². The molecular formula is C17H11ClN6OS. The summed E-state index contributed by atoms with van der Waals surface area (Å²) in [5.74, 6) is -0.284. The molecule has 0 atom stereocenters. The lowest BCUT2D eigenvalue weighted by Gasteiger charge is -2.07. The zero-order valence-electron chi connectivity index (χ0n) is 13.2. The van der Waals surface area contributed by atoms with E-state index in [9.17, 15) is 4.79 Å². The lowest BCUT2D eigenvalue weighted by Crippen LogP contribution is -2.15. The number of carbonyl (C=O) groups is 1. The van der Waals surface area contributed by atoms with E-state index in [0.717, 1.165) is 11.3 Å². The van der Waals surface area contributed by atoms with Crippen molar-refractivity contribution in [2.45, 2.75) is 0 Å². The van der Waals surface area contributed by atoms with Crippen molar-refractivity contribution in [2.24, 2.45) is 0 Å². The number of tetrazole rings is 1. The molecule has 0 saturated heterocycles. The third kappa shape index (κ3) is 3.32. The Balaban J connectivity index is 1.57. The van der Waals surface area contributed by atoms with E-state index in [0.29, 0.717) is 21.4 Å². The number of para-hydroxylation sites is 1. The second kappa shape index (κ2) is 7.03. The number of hydrogen-bond donors (Lipinski definition) is 1. The van der Waals surface area contributed by atoms with Gasteiger partial charge in [0.2, 0.25) is 0 Å². The van der Waals surface area contributed by atoms with Gasteiger partial charge in [0.25, 0.3) is 5.91 Å². The number of carbonyl (C=O) groups excluding carboxylic acids is 1. The maximum absolute atomic E-state index is 12.7. The van der Waals surface area contributed by atoms with E-state index in [4.69, 9.17) is 11.6 Å². The molecular weight excluding hydrogens is 372 g/mol. The molecule has 0 saturated carbocycles. The molecule has 1 N–H and O–H groups in total. The maximum atomic E-state index is 12.7. The molecule has 4 aromatic rings. The first kappa shape index (κ1) is 16.4. The van der Waals surface area contributed by atoms with Crippen LogP contribution in [0.2, 0.25) is 5.02 Å². The third-order valence-electron chi connectivity index (χ3n) is 3.61. The van der Waals surface area contributed by atoms with Crippen LogP contribution < -0.4 is 5.32 Å². The quantitative estimate of drug-likeness (QED) is 0.581. The van der Waals surface area contributed by atoms with Crippen molar-refractivity contribution in [3.05, 3.63) is 70.8 Å². The Hall–Kier alpha value is -3.10. The number of aromatic nitrogens is 5. The predicted octanol–water partition coefficient (Wildman–Crippen LogP) is 3.69. The molecule has 0 aliphatic rings. The van der Waals surface area contributed by atoms with E-state index in [1.54, 1.807) is 30.3 Å². The fraction of sp³-hybridized carbons (Fsp3) is 0. The number of hydrogen-bond acceptors (Lipinski definition) is 6. The Labute approximate surface area is 157 Å². The van der Waals surface area contributed by atoms with Crippen molar-refractivity contribution in [3.8, 4) is 16.9 Å². The standard InChI is InChI=1S/C17H11ClN6OS/c18-12-7-5-11(6-8-12)14-9-26-17(20-14)21-16(25)13-3-1-2-4-15(13)24-10-19-22-23-24/h1-10H,(H,20,21,25). The molecule has 0 unspecified atom stereocenters. The Morgan fingerprint density at radius 1 is 1.12 bits per heavy atom. The smallest absolute Gasteiger partial charge is 0.259 e. The molecule has 2 aromatic carbocycles. The fourth-order valence-corrected chi connectivity index (χ4v) is 3.23. The van der Waals surface area contributed by atoms with Crippen molar-refractivity contribution in [3.63, 3.8) is 0 Å². The second-order valence-corrected chi connectivity index (χ2v) is 6.56. The Morgan fingerprint density at radius 2 is 1.92 bits per heavy atom. The van der Waals surface area contributed by atoms with Crippen molar-refractivity contribution in [1.82, 2.24) is 25.2 Å². The highest BCUT2D eigenvalue weighted by atomic mass is 35.5. The second-order valence-electron chi connectivity index (χ2n) is 5.27. The van der Waals surface area contributed by atoms with Gasteiger partial charge in [-0.3, -0.25) is 10.1 Å². The lowest BCUT2D eigenvalue weighted by molar-refractivity contribution is 0.102. The normalized spacial score (nSPS) is 10.7. The van der Waals surface area contributed by atoms with Gasteiger partial charge in [0.05, 0.1) is 16.9 Å². The average molecular weight is 383 g/mol. The summed E-state index contributed by atoms with van der Waals surface area (Å²) in [5, 5.41) is 16.9. The maximum Gasteiger partial charge on any atom is 0.259 e. The van der Waals surface area contributed by atoms with E-state index in [1.165, 1.54) is 22.3 Å². The molecule has 0 spiro atoms. The molecule has 9 heteroatoms. The van der Waals surface area contributed by atoms with E-state index in [2.05, 4.69) is 25.8 Å². The van der Waals surface area contributed by atoms with Crippen molar-refractivity contribution < 1.29 is 4.79 Å². The van der Waals surface area contributed by atoms with Crippen LogP contribution in [0, 0.1) is 0 Å². The van der Waals surface area contributed by atoms with Gasteiger partial charge in [-0.1, -0.05) is 35.9 Å². The first-order chi connectivity index (χ1) is 12.7. The van der Waals surface area contributed by atoms with Crippen LogP contribution in [-0.2, 0) is 0 Å². The number of nitrogens with one attached hydrogen (secondary N) is 1. The molecule has 7 nitrogen and oxygen atoms in total. The summed E-state index contributed by atoms with van der Waals surface area (Å²) in [4.78, 5) is 17.1. The average Bonchev–Trinajstić information content (AvgIpc) is 3.34. The minimum Gasteiger partial charge on any atom is -0.298 e. The van der Waals surface area contributed by atoms with E-state index >= 15 is 0 Å². The SMILES string of the molecule is O=C(Nc1nc(-c2ccc(Cl)cc2)cs1)c1ccccc1-n1cnnn1. The third-order valence-corrected chi connectivity index (χ3v) is 4.62. The monoisotopic (exact) mass is 382 g/mol. The minimum absolute atomic E-state index is 0.284. The van der Waals surface area contributed by atoms with Crippen molar-refractivity contribution in [2.75, 3.05) is 5.32 Å². The molecule has 0 radical (unpaired) electrons. The van der Waals surface area contributed by atoms with E-state index in [-0.39, 0.29) is 5.91 Å². The summed E-state index contributed by atoms with van der Waals surface area (Å²) in [6.07, 6.45) is 1.44. The van der Waals surface area contributed by atoms with Crippen LogP contribution in [0.25, 0.3) is 16.9 Å². The van der Waals surface area contributed by atoms with Gasteiger partial charge in [-0.05, 0) is 34.7 Å². The summed E-state index contributed by atoms with van der Waals surface area (Å²) in [5.41, 5.74) is 2.74. The van der Waals surface area contributed by atoms with Gasteiger partial charge in [0.15, 0.2) is 5.13 Å². The summed E-state index contributed by atoms with van der Waals surface area (Å²) in [7, 11) is 0. The molecule has 4 rings (SSSR count). The molecule has 2 aromatic heterocycles. The summed E-state index contributed by atoms with van der Waals surface area (Å²) in [6, 6.07) is 14.5. The summed E-state index contributed by atoms with van der Waals surface area (Å²) in [6.45, 7) is 0. The van der Waals surface area contributed by atoms with Gasteiger partial charge < -0.3 is 0 Å². The zero-order chi connectivity index (χ0) is 17.9. The van der Waals surface area contributed by atoms with E-state index < -0.39 is 0 Å². The minimum atomic E-state index is -0.284. The topological polar surface area (TPSA) is 85.6 Å². The van der Waals surface area contributed by atoms with Crippen LogP contribution in [0.4, 0.5) is 5.13 Å². The highest BCUT2D eigenvalue weighted by molar-refractivity contribution is 7.14. The van der Waals surface area contributed by atoms with Crippen LogP contribution in [0.3, 0.4) is 0 Å². The molecule has 2 heterocycles. The van der Waals surface area contributed by atoms with Crippen LogP contribution in [0.1, 0.15) is 10.4 Å². The highest BCUT2D eigenvalue weighted by Crippen LogP contribution is 2.26. The first-order valence-electron chi connectivity index (χ1n) is 7.56. The van der Waals surface area contributed by atoms with Crippen LogP contribution >= 0.6 is 22.9 Å². The molecule has 0 aliphatic heterocycles. The Kier molecular flexibility index (Phi) is 4.42. The van der Waals surface area contributed by atoms with Gasteiger partial charge in [0, 0.05) is 16.0 Å². The number of anilines is 1. The predicted molar refractivity (Wildman–Crippen MR) is 99.7 cm³/mol. The highest BCUT2D eigenvalue weighted by Gasteiger charge is 2.15. The molecule has 0 bridgehead atoms. The largest absolute Gasteiger partial charge is 0.298 e. The van der Waals surface area contributed by atoms with Gasteiger partial charge >= 0.3 is 0 Å². The van der Waals surface area contributed by atoms with Gasteiger partial charge in [-0.25, -0.2) is 4.98 Å². The van der Waals surface area contributed by atoms with Gasteiger partial charge in [-0.15, -0.1) is 16.4 Å². The Morgan fingerprint density at radius 3 is 2.69 bits per heavy atom. The summed E-state index contributed by atoms with van der Waals surface area (Å²) < 4.78 is 1.44. The lowest BCUT2D eigenvalue weighted by atomic mass is 10.1. The summed E-state index contributed by atoms with van der Waals surface area (Å²) >= 11 is 7.26. The molecule has 128 valence electrons. The number of rotatable bonds is 4. The van der Waals surface area contributed by atoms with E-state index in [1.807, 2.05) is 23.6 Å². The number of amides is 1.